The molecule has 6 nitrogen and oxygen atoms in total. The van der Waals surface area contributed by atoms with E-state index in [-0.39, 0.29) is 18.1 Å². The van der Waals surface area contributed by atoms with Crippen LogP contribution in [0.1, 0.15) is 54.6 Å². The van der Waals surface area contributed by atoms with Crippen molar-refractivity contribution in [2.45, 2.75) is 45.3 Å². The number of hydrogen-bond donors (Lipinski definition) is 1. The third-order valence-corrected chi connectivity index (χ3v) is 5.92. The number of carbonyl (C=O) groups is 1. The molecule has 2 heterocycles. The Balaban J connectivity index is 1.52. The molecule has 0 radical (unpaired) electrons. The Hall–Kier alpha value is -2.86. The molecule has 0 spiro atoms. The van der Waals surface area contributed by atoms with Crippen molar-refractivity contribution in [2.24, 2.45) is 0 Å². The molecule has 1 fully saturated rings. The summed E-state index contributed by atoms with van der Waals surface area (Å²) < 4.78 is 2.10. The Bertz CT molecular complexity index is 1000. The van der Waals surface area contributed by atoms with Gasteiger partial charge in [0.1, 0.15) is 5.82 Å². The Morgan fingerprint density at radius 2 is 1.90 bits per heavy atom. The zero-order chi connectivity index (χ0) is 21.1. The Morgan fingerprint density at radius 3 is 2.63 bits per heavy atom. The molecular weight excluding hydrogens is 398 g/mol. The van der Waals surface area contributed by atoms with Gasteiger partial charge in [-0.1, -0.05) is 54.1 Å². The summed E-state index contributed by atoms with van der Waals surface area (Å²) in [4.78, 5) is 15.0. The van der Waals surface area contributed by atoms with Gasteiger partial charge in [-0.2, -0.15) is 0 Å². The van der Waals surface area contributed by atoms with Gasteiger partial charge in [0.15, 0.2) is 5.82 Å². The Kier molecular flexibility index (Phi) is 6.04. The number of aromatic nitrogens is 3. The number of aryl methyl sites for hydroxylation is 1. The molecule has 1 N–H and O–H groups in total. The van der Waals surface area contributed by atoms with Crippen LogP contribution in [0.5, 0.6) is 0 Å². The first-order valence-electron chi connectivity index (χ1n) is 10.3. The van der Waals surface area contributed by atoms with Gasteiger partial charge >= 0.3 is 6.03 Å². The summed E-state index contributed by atoms with van der Waals surface area (Å²) in [5.41, 5.74) is 2.21. The molecule has 0 unspecified atom stereocenters. The number of benzene rings is 2. The maximum Gasteiger partial charge on any atom is 0.318 e. The SMILES string of the molecule is Cc1nnc([C@H]2CCCN2C(=O)N[C@@H](C)c2ccccc2)n1Cc1ccc(Cl)cc1. The summed E-state index contributed by atoms with van der Waals surface area (Å²) in [7, 11) is 0. The minimum Gasteiger partial charge on any atom is -0.331 e. The molecule has 1 saturated heterocycles. The van der Waals surface area contributed by atoms with Gasteiger partial charge in [-0.3, -0.25) is 0 Å². The van der Waals surface area contributed by atoms with Gasteiger partial charge in [0.25, 0.3) is 0 Å². The van der Waals surface area contributed by atoms with Crippen LogP contribution >= 0.6 is 11.6 Å². The van der Waals surface area contributed by atoms with Gasteiger partial charge in [-0.05, 0) is 49.9 Å². The maximum absolute atomic E-state index is 13.1. The molecule has 1 aromatic heterocycles. The molecule has 1 aliphatic heterocycles. The van der Waals surface area contributed by atoms with Crippen molar-refractivity contribution in [3.8, 4) is 0 Å². The molecule has 2 atom stereocenters. The van der Waals surface area contributed by atoms with Crippen molar-refractivity contribution in [1.29, 1.82) is 0 Å². The lowest BCUT2D eigenvalue weighted by atomic mass is 10.1. The van der Waals surface area contributed by atoms with Crippen LogP contribution in [0.3, 0.4) is 0 Å². The number of urea groups is 1. The lowest BCUT2D eigenvalue weighted by Crippen LogP contribution is -2.41. The van der Waals surface area contributed by atoms with Crippen molar-refractivity contribution in [3.63, 3.8) is 0 Å². The maximum atomic E-state index is 13.1. The topological polar surface area (TPSA) is 63.1 Å². The van der Waals surface area contributed by atoms with Crippen LogP contribution in [0.25, 0.3) is 0 Å². The van der Waals surface area contributed by atoms with E-state index in [2.05, 4.69) is 20.1 Å². The highest BCUT2D eigenvalue weighted by atomic mass is 35.5. The van der Waals surface area contributed by atoms with E-state index < -0.39 is 0 Å². The second-order valence-electron chi connectivity index (χ2n) is 7.75. The van der Waals surface area contributed by atoms with E-state index in [1.165, 1.54) is 0 Å². The van der Waals surface area contributed by atoms with E-state index in [1.807, 2.05) is 73.3 Å². The van der Waals surface area contributed by atoms with Crippen LogP contribution < -0.4 is 5.32 Å². The molecular formula is C23H26ClN5O. The Labute approximate surface area is 181 Å². The van der Waals surface area contributed by atoms with Crippen LogP contribution in [-0.2, 0) is 6.54 Å². The second kappa shape index (κ2) is 8.88. The third-order valence-electron chi connectivity index (χ3n) is 5.67. The van der Waals surface area contributed by atoms with Crippen molar-refractivity contribution in [3.05, 3.63) is 82.4 Å². The Morgan fingerprint density at radius 1 is 1.17 bits per heavy atom. The third kappa shape index (κ3) is 4.33. The van der Waals surface area contributed by atoms with Gasteiger partial charge in [0, 0.05) is 11.6 Å². The average Bonchev–Trinajstić information content (AvgIpc) is 3.37. The first kappa shape index (κ1) is 20.4. The quantitative estimate of drug-likeness (QED) is 0.635. The smallest absolute Gasteiger partial charge is 0.318 e. The predicted molar refractivity (Wildman–Crippen MR) is 117 cm³/mol. The summed E-state index contributed by atoms with van der Waals surface area (Å²) >= 11 is 6.02. The van der Waals surface area contributed by atoms with Crippen molar-refractivity contribution < 1.29 is 4.79 Å². The van der Waals surface area contributed by atoms with Crippen LogP contribution in [0, 0.1) is 6.92 Å². The van der Waals surface area contributed by atoms with Crippen molar-refractivity contribution in [2.75, 3.05) is 6.54 Å². The summed E-state index contributed by atoms with van der Waals surface area (Å²) in [6.07, 6.45) is 1.83. The molecule has 30 heavy (non-hydrogen) atoms. The zero-order valence-corrected chi connectivity index (χ0v) is 18.0. The van der Waals surface area contributed by atoms with E-state index in [0.29, 0.717) is 18.1 Å². The number of carbonyl (C=O) groups excluding carboxylic acids is 1. The molecule has 1 aliphatic rings. The van der Waals surface area contributed by atoms with E-state index in [1.54, 1.807) is 0 Å². The first-order valence-corrected chi connectivity index (χ1v) is 10.7. The number of rotatable bonds is 5. The molecule has 0 saturated carbocycles. The van der Waals surface area contributed by atoms with Gasteiger partial charge in [0.2, 0.25) is 0 Å². The lowest BCUT2D eigenvalue weighted by molar-refractivity contribution is 0.186. The fraction of sp³-hybridized carbons (Fsp3) is 0.348. The van der Waals surface area contributed by atoms with Crippen LogP contribution in [0.2, 0.25) is 5.02 Å². The summed E-state index contributed by atoms with van der Waals surface area (Å²) in [6.45, 7) is 5.32. The number of nitrogens with zero attached hydrogens (tertiary/aromatic N) is 4. The van der Waals surface area contributed by atoms with E-state index in [4.69, 9.17) is 11.6 Å². The van der Waals surface area contributed by atoms with Crippen LogP contribution in [0.15, 0.2) is 54.6 Å². The number of amides is 2. The highest BCUT2D eigenvalue weighted by Crippen LogP contribution is 2.32. The fourth-order valence-corrected chi connectivity index (χ4v) is 4.11. The predicted octanol–water partition coefficient (Wildman–Crippen LogP) is 4.90. The lowest BCUT2D eigenvalue weighted by Gasteiger charge is -2.27. The molecule has 7 heteroatoms. The van der Waals surface area contributed by atoms with Gasteiger partial charge in [-0.25, -0.2) is 4.79 Å². The normalized spacial score (nSPS) is 17.2. The summed E-state index contributed by atoms with van der Waals surface area (Å²) in [5.74, 6) is 1.67. The summed E-state index contributed by atoms with van der Waals surface area (Å²) in [6, 6.07) is 17.6. The van der Waals surface area contributed by atoms with Crippen molar-refractivity contribution in [1.82, 2.24) is 25.0 Å². The van der Waals surface area contributed by atoms with Crippen LogP contribution in [0.4, 0.5) is 4.79 Å². The molecule has 0 bridgehead atoms. The second-order valence-corrected chi connectivity index (χ2v) is 8.19. The average molecular weight is 424 g/mol. The molecule has 0 aliphatic carbocycles. The fourth-order valence-electron chi connectivity index (χ4n) is 3.98. The molecule has 3 aromatic rings. The largest absolute Gasteiger partial charge is 0.331 e. The zero-order valence-electron chi connectivity index (χ0n) is 17.3. The molecule has 156 valence electrons. The van der Waals surface area contributed by atoms with E-state index in [9.17, 15) is 4.79 Å². The molecule has 2 amide bonds. The standard InChI is InChI=1S/C23H26ClN5O/c1-16(19-7-4-3-5-8-19)25-23(30)28-14-6-9-21(28)22-27-26-17(2)29(22)15-18-10-12-20(24)13-11-18/h3-5,7-8,10-13,16,21H,6,9,14-15H2,1-2H3,(H,25,30)/t16-,21+/m0/s1. The first-order chi connectivity index (χ1) is 14.5. The highest BCUT2D eigenvalue weighted by molar-refractivity contribution is 6.30. The van der Waals surface area contributed by atoms with E-state index >= 15 is 0 Å². The van der Waals surface area contributed by atoms with Crippen LogP contribution in [-0.4, -0.2) is 32.2 Å². The number of hydrogen-bond acceptors (Lipinski definition) is 3. The monoisotopic (exact) mass is 423 g/mol. The van der Waals surface area contributed by atoms with Gasteiger partial charge in [-0.15, -0.1) is 10.2 Å². The van der Waals surface area contributed by atoms with E-state index in [0.717, 1.165) is 35.6 Å². The minimum atomic E-state index is -0.0820. The number of halogens is 1. The van der Waals surface area contributed by atoms with Gasteiger partial charge < -0.3 is 14.8 Å². The molecule has 2 aromatic carbocycles. The number of nitrogens with one attached hydrogen (secondary N) is 1. The summed E-state index contributed by atoms with van der Waals surface area (Å²) in [5, 5.41) is 12.6. The van der Waals surface area contributed by atoms with Crippen molar-refractivity contribution >= 4 is 17.6 Å². The number of likely N-dealkylation sites (tertiary alicyclic amines) is 1. The highest BCUT2D eigenvalue weighted by Gasteiger charge is 2.34. The minimum absolute atomic E-state index is 0.0615. The van der Waals surface area contributed by atoms with Gasteiger partial charge in [0.05, 0.1) is 18.6 Å². The molecule has 4 rings (SSSR count).